The van der Waals surface area contributed by atoms with Crippen LogP contribution in [0.3, 0.4) is 0 Å². The number of rotatable bonds is 3. The molecule has 6 heteroatoms. The third-order valence-corrected chi connectivity index (χ3v) is 3.95. The second kappa shape index (κ2) is 5.21. The summed E-state index contributed by atoms with van der Waals surface area (Å²) in [5.41, 5.74) is 1.31. The van der Waals surface area contributed by atoms with Crippen LogP contribution in [-0.2, 0) is 0 Å². The number of hydrogen-bond donors (Lipinski definition) is 0. The molecular weight excluding hydrogens is 290 g/mol. The van der Waals surface area contributed by atoms with Crippen molar-refractivity contribution >= 4 is 22.3 Å². The van der Waals surface area contributed by atoms with Crippen LogP contribution >= 0.6 is 11.3 Å². The van der Waals surface area contributed by atoms with Gasteiger partial charge in [0.05, 0.1) is 35.9 Å². The lowest BCUT2D eigenvalue weighted by atomic mass is 10.1. The van der Waals surface area contributed by atoms with Crippen LogP contribution in [0.1, 0.15) is 5.01 Å². The molecule has 0 bridgehead atoms. The second-order valence-electron chi connectivity index (χ2n) is 4.41. The van der Waals surface area contributed by atoms with E-state index < -0.39 is 0 Å². The average Bonchev–Trinajstić information content (AvgIpc) is 2.92. The molecule has 3 rings (SSSR count). The predicted octanol–water partition coefficient (Wildman–Crippen LogP) is 3.24. The second-order valence-corrected chi connectivity index (χ2v) is 5.47. The molecule has 0 fully saturated rings. The number of methoxy groups -OCH3 is 2. The number of nitrogens with zero attached hydrogens (tertiary/aromatic N) is 1. The zero-order valence-electron chi connectivity index (χ0n) is 11.8. The quantitative estimate of drug-likeness (QED) is 0.743. The van der Waals surface area contributed by atoms with Gasteiger partial charge in [0.2, 0.25) is 11.2 Å². The predicted molar refractivity (Wildman–Crippen MR) is 81.4 cm³/mol. The third-order valence-electron chi connectivity index (χ3n) is 3.18. The molecule has 0 radical (unpaired) electrons. The summed E-state index contributed by atoms with van der Waals surface area (Å²) in [7, 11) is 3.04. The Labute approximate surface area is 124 Å². The highest BCUT2D eigenvalue weighted by molar-refractivity contribution is 7.09. The minimum Gasteiger partial charge on any atom is -0.493 e. The van der Waals surface area contributed by atoms with Crippen molar-refractivity contribution in [2.45, 2.75) is 6.92 Å². The highest BCUT2D eigenvalue weighted by atomic mass is 32.1. The Morgan fingerprint density at radius 1 is 1.24 bits per heavy atom. The van der Waals surface area contributed by atoms with Gasteiger partial charge >= 0.3 is 0 Å². The smallest absolute Gasteiger partial charge is 0.204 e. The first-order chi connectivity index (χ1) is 10.2. The van der Waals surface area contributed by atoms with E-state index >= 15 is 0 Å². The van der Waals surface area contributed by atoms with Crippen LogP contribution in [0, 0.1) is 6.92 Å². The maximum atomic E-state index is 12.6. The molecule has 108 valence electrons. The van der Waals surface area contributed by atoms with Gasteiger partial charge in [0.15, 0.2) is 11.3 Å². The minimum absolute atomic E-state index is 0.137. The van der Waals surface area contributed by atoms with Gasteiger partial charge < -0.3 is 13.9 Å². The maximum Gasteiger partial charge on any atom is 0.204 e. The van der Waals surface area contributed by atoms with Crippen LogP contribution in [0.4, 0.5) is 0 Å². The van der Waals surface area contributed by atoms with Gasteiger partial charge in [-0.25, -0.2) is 4.98 Å². The first kappa shape index (κ1) is 13.6. The number of aryl methyl sites for hydroxylation is 1. The highest BCUT2D eigenvalue weighted by Crippen LogP contribution is 2.35. The number of benzene rings is 1. The number of fused-ring (bicyclic) bond motifs is 1. The molecular formula is C15H13NO4S. The van der Waals surface area contributed by atoms with E-state index in [0.29, 0.717) is 33.7 Å². The lowest BCUT2D eigenvalue weighted by molar-refractivity contribution is 0.353. The molecule has 0 saturated heterocycles. The number of thiazole rings is 1. The van der Waals surface area contributed by atoms with Crippen LogP contribution in [0.5, 0.6) is 11.5 Å². The van der Waals surface area contributed by atoms with Gasteiger partial charge in [-0.15, -0.1) is 11.3 Å². The van der Waals surface area contributed by atoms with E-state index in [9.17, 15) is 4.79 Å². The Balaban J connectivity index is 2.30. The molecule has 0 saturated carbocycles. The highest BCUT2D eigenvalue weighted by Gasteiger charge is 2.17. The summed E-state index contributed by atoms with van der Waals surface area (Å²) in [5, 5.41) is 3.18. The first-order valence-electron chi connectivity index (χ1n) is 6.24. The summed E-state index contributed by atoms with van der Waals surface area (Å²) in [4.78, 5) is 16.9. The summed E-state index contributed by atoms with van der Waals surface area (Å²) >= 11 is 1.49. The van der Waals surface area contributed by atoms with E-state index in [1.807, 2.05) is 12.3 Å². The van der Waals surface area contributed by atoms with E-state index in [4.69, 9.17) is 13.9 Å². The molecule has 2 heterocycles. The summed E-state index contributed by atoms with van der Waals surface area (Å²) in [6.07, 6.45) is 1.42. The fraction of sp³-hybridized carbons (Fsp3) is 0.200. The molecule has 0 spiro atoms. The minimum atomic E-state index is -0.137. The normalized spacial score (nSPS) is 10.8. The topological polar surface area (TPSA) is 61.6 Å². The largest absolute Gasteiger partial charge is 0.493 e. The van der Waals surface area contributed by atoms with Gasteiger partial charge in [-0.2, -0.15) is 0 Å². The monoisotopic (exact) mass is 303 g/mol. The lowest BCUT2D eigenvalue weighted by Crippen LogP contribution is -2.06. The van der Waals surface area contributed by atoms with Crippen molar-refractivity contribution in [3.8, 4) is 22.8 Å². The van der Waals surface area contributed by atoms with Crippen molar-refractivity contribution in [1.82, 2.24) is 4.98 Å². The number of ether oxygens (including phenoxy) is 2. The molecule has 0 aliphatic carbocycles. The first-order valence-corrected chi connectivity index (χ1v) is 7.12. The molecule has 3 aromatic rings. The molecule has 1 aromatic carbocycles. The fourth-order valence-corrected chi connectivity index (χ4v) is 2.79. The van der Waals surface area contributed by atoms with Crippen molar-refractivity contribution in [3.05, 3.63) is 39.0 Å². The Bertz CT molecular complexity index is 866. The Hall–Kier alpha value is -2.34. The van der Waals surface area contributed by atoms with E-state index in [1.165, 1.54) is 31.8 Å². The zero-order chi connectivity index (χ0) is 15.0. The van der Waals surface area contributed by atoms with Gasteiger partial charge in [0, 0.05) is 5.38 Å². The van der Waals surface area contributed by atoms with Crippen LogP contribution < -0.4 is 14.9 Å². The molecule has 0 amide bonds. The van der Waals surface area contributed by atoms with Crippen LogP contribution in [0.2, 0.25) is 0 Å². The summed E-state index contributed by atoms with van der Waals surface area (Å²) in [5.74, 6) is 0.929. The molecule has 0 N–H and O–H groups in total. The Kier molecular flexibility index (Phi) is 3.39. The van der Waals surface area contributed by atoms with E-state index in [2.05, 4.69) is 4.98 Å². The molecule has 21 heavy (non-hydrogen) atoms. The van der Waals surface area contributed by atoms with Gasteiger partial charge in [-0.3, -0.25) is 4.79 Å². The standard InChI is InChI=1S/C15H13NO4S/c1-8-16-11(7-21-8)10-6-20-14-9(13(10)17)4-5-12(18-2)15(14)19-3/h4-7H,1-3H3. The Morgan fingerprint density at radius 2 is 2.05 bits per heavy atom. The summed E-state index contributed by atoms with van der Waals surface area (Å²) < 4.78 is 16.1. The lowest BCUT2D eigenvalue weighted by Gasteiger charge is -2.09. The molecule has 5 nitrogen and oxygen atoms in total. The van der Waals surface area contributed by atoms with Gasteiger partial charge in [0.25, 0.3) is 0 Å². The van der Waals surface area contributed by atoms with Crippen molar-refractivity contribution in [2.75, 3.05) is 14.2 Å². The number of aromatic nitrogens is 1. The van der Waals surface area contributed by atoms with Crippen LogP contribution in [0.25, 0.3) is 22.2 Å². The van der Waals surface area contributed by atoms with Gasteiger partial charge in [0.1, 0.15) is 6.26 Å². The van der Waals surface area contributed by atoms with Crippen molar-refractivity contribution < 1.29 is 13.9 Å². The van der Waals surface area contributed by atoms with Crippen molar-refractivity contribution in [1.29, 1.82) is 0 Å². The van der Waals surface area contributed by atoms with Gasteiger partial charge in [-0.1, -0.05) is 0 Å². The fourth-order valence-electron chi connectivity index (χ4n) is 2.17. The van der Waals surface area contributed by atoms with Gasteiger partial charge in [-0.05, 0) is 19.1 Å². The van der Waals surface area contributed by atoms with E-state index in [0.717, 1.165) is 5.01 Å². The zero-order valence-corrected chi connectivity index (χ0v) is 12.6. The number of hydrogen-bond acceptors (Lipinski definition) is 6. The molecule has 0 aliphatic heterocycles. The van der Waals surface area contributed by atoms with Crippen molar-refractivity contribution in [3.63, 3.8) is 0 Å². The van der Waals surface area contributed by atoms with Crippen LogP contribution in [0.15, 0.2) is 33.0 Å². The van der Waals surface area contributed by atoms with E-state index in [-0.39, 0.29) is 5.43 Å². The molecule has 0 atom stereocenters. The maximum absolute atomic E-state index is 12.6. The van der Waals surface area contributed by atoms with Crippen LogP contribution in [-0.4, -0.2) is 19.2 Å². The summed E-state index contributed by atoms with van der Waals surface area (Å²) in [6.45, 7) is 1.89. The van der Waals surface area contributed by atoms with E-state index in [1.54, 1.807) is 12.1 Å². The molecule has 0 unspecified atom stereocenters. The summed E-state index contributed by atoms with van der Waals surface area (Å²) in [6, 6.07) is 3.36. The molecule has 2 aromatic heterocycles. The van der Waals surface area contributed by atoms with Crippen molar-refractivity contribution in [2.24, 2.45) is 0 Å². The third kappa shape index (κ3) is 2.17. The SMILES string of the molecule is COc1ccc2c(=O)c(-c3csc(C)n3)coc2c1OC. The Morgan fingerprint density at radius 3 is 2.67 bits per heavy atom. The molecule has 0 aliphatic rings. The average molecular weight is 303 g/mol.